The highest BCUT2D eigenvalue weighted by Crippen LogP contribution is 2.32. The normalized spacial score (nSPS) is 26.1. The molecule has 1 aromatic heterocycles. The van der Waals surface area contributed by atoms with Crippen LogP contribution in [0, 0.1) is 12.3 Å². The fourth-order valence-corrected chi connectivity index (χ4v) is 2.18. The first-order valence-electron chi connectivity index (χ1n) is 5.33. The highest BCUT2D eigenvalue weighted by molar-refractivity contribution is 5.11. The number of nitrogens with zero attached hydrogens (tertiary/aromatic N) is 2. The summed E-state index contributed by atoms with van der Waals surface area (Å²) in [6, 6.07) is 2.08. The lowest BCUT2D eigenvalue weighted by Crippen LogP contribution is -2.29. The molecule has 4 heteroatoms. The lowest BCUT2D eigenvalue weighted by Gasteiger charge is -2.24. The summed E-state index contributed by atoms with van der Waals surface area (Å²) in [5.41, 5.74) is 2.12. The minimum Gasteiger partial charge on any atom is -0.396 e. The van der Waals surface area contributed by atoms with Gasteiger partial charge < -0.3 is 9.84 Å². The predicted octanol–water partition coefficient (Wildman–Crippen LogP) is 0.670. The van der Waals surface area contributed by atoms with Gasteiger partial charge in [-0.25, -0.2) is 0 Å². The summed E-state index contributed by atoms with van der Waals surface area (Å²) in [7, 11) is 1.95. The van der Waals surface area contributed by atoms with E-state index >= 15 is 0 Å². The number of aryl methyl sites for hydroxylation is 2. The van der Waals surface area contributed by atoms with Crippen LogP contribution in [0.3, 0.4) is 0 Å². The largest absolute Gasteiger partial charge is 0.396 e. The molecule has 1 N–H and O–H groups in total. The van der Waals surface area contributed by atoms with Gasteiger partial charge >= 0.3 is 0 Å². The monoisotopic (exact) mass is 210 g/mol. The molecule has 0 spiro atoms. The molecule has 2 rings (SSSR count). The Labute approximate surface area is 89.9 Å². The Morgan fingerprint density at radius 2 is 2.47 bits per heavy atom. The van der Waals surface area contributed by atoms with E-state index in [0.717, 1.165) is 25.1 Å². The van der Waals surface area contributed by atoms with Crippen LogP contribution in [-0.2, 0) is 18.2 Å². The van der Waals surface area contributed by atoms with Gasteiger partial charge in [0, 0.05) is 24.8 Å². The molecule has 0 bridgehead atoms. The molecule has 84 valence electrons. The van der Waals surface area contributed by atoms with Crippen molar-refractivity contribution in [2.24, 2.45) is 12.5 Å². The highest BCUT2D eigenvalue weighted by atomic mass is 16.5. The Balaban J connectivity index is 2.16. The Morgan fingerprint density at radius 1 is 1.67 bits per heavy atom. The van der Waals surface area contributed by atoms with E-state index in [-0.39, 0.29) is 12.0 Å². The average molecular weight is 210 g/mol. The maximum Gasteiger partial charge on any atom is 0.0596 e. The van der Waals surface area contributed by atoms with E-state index in [1.54, 1.807) is 0 Å². The van der Waals surface area contributed by atoms with Gasteiger partial charge in [-0.2, -0.15) is 5.10 Å². The van der Waals surface area contributed by atoms with Crippen LogP contribution in [0.5, 0.6) is 0 Å². The van der Waals surface area contributed by atoms with Crippen LogP contribution in [0.1, 0.15) is 17.8 Å². The zero-order chi connectivity index (χ0) is 10.9. The van der Waals surface area contributed by atoms with Crippen molar-refractivity contribution >= 4 is 0 Å². The molecular formula is C11H18N2O2. The van der Waals surface area contributed by atoms with E-state index in [2.05, 4.69) is 11.2 Å². The Kier molecular flexibility index (Phi) is 2.80. The predicted molar refractivity (Wildman–Crippen MR) is 56.6 cm³/mol. The first-order valence-corrected chi connectivity index (χ1v) is 5.33. The molecule has 1 unspecified atom stereocenters. The standard InChI is InChI=1S/C11H18N2O2/c1-9-5-10(13(2)12-9)6-11(7-14)3-4-15-8-11/h5,14H,3-4,6-8H2,1-2H3. The highest BCUT2D eigenvalue weighted by Gasteiger charge is 2.35. The molecule has 1 fully saturated rings. The van der Waals surface area contributed by atoms with Crippen LogP contribution < -0.4 is 0 Å². The number of hydrogen-bond acceptors (Lipinski definition) is 3. The van der Waals surface area contributed by atoms with Crippen LogP contribution in [0.25, 0.3) is 0 Å². The van der Waals surface area contributed by atoms with E-state index in [4.69, 9.17) is 4.74 Å². The number of aliphatic hydroxyl groups excluding tert-OH is 1. The van der Waals surface area contributed by atoms with Gasteiger partial charge in [-0.15, -0.1) is 0 Å². The van der Waals surface area contributed by atoms with Gasteiger partial charge in [0.05, 0.1) is 18.9 Å². The Hall–Kier alpha value is -0.870. The van der Waals surface area contributed by atoms with Crippen molar-refractivity contribution in [3.05, 3.63) is 17.5 Å². The van der Waals surface area contributed by atoms with E-state index in [9.17, 15) is 5.11 Å². The van der Waals surface area contributed by atoms with Gasteiger partial charge in [0.25, 0.3) is 0 Å². The molecule has 0 amide bonds. The summed E-state index contributed by atoms with van der Waals surface area (Å²) in [5.74, 6) is 0. The average Bonchev–Trinajstić information content (AvgIpc) is 2.76. The molecule has 4 nitrogen and oxygen atoms in total. The van der Waals surface area contributed by atoms with Gasteiger partial charge in [0.2, 0.25) is 0 Å². The number of hydrogen-bond donors (Lipinski definition) is 1. The summed E-state index contributed by atoms with van der Waals surface area (Å²) in [6.45, 7) is 3.60. The molecule has 1 aromatic rings. The van der Waals surface area contributed by atoms with Crippen LogP contribution >= 0.6 is 0 Å². The maximum absolute atomic E-state index is 9.47. The minimum absolute atomic E-state index is 0.0831. The number of ether oxygens (including phenoxy) is 1. The molecule has 0 saturated carbocycles. The summed E-state index contributed by atoms with van der Waals surface area (Å²) in [6.07, 6.45) is 1.79. The first kappa shape index (κ1) is 10.6. The lowest BCUT2D eigenvalue weighted by molar-refractivity contribution is 0.0920. The summed E-state index contributed by atoms with van der Waals surface area (Å²) >= 11 is 0. The molecule has 0 aliphatic carbocycles. The summed E-state index contributed by atoms with van der Waals surface area (Å²) in [5, 5.41) is 13.8. The Bertz CT molecular complexity index is 340. The zero-order valence-corrected chi connectivity index (χ0v) is 9.36. The van der Waals surface area contributed by atoms with Crippen molar-refractivity contribution in [1.29, 1.82) is 0 Å². The molecule has 1 aliphatic rings. The minimum atomic E-state index is -0.0831. The van der Waals surface area contributed by atoms with Crippen LogP contribution in [0.15, 0.2) is 6.07 Å². The van der Waals surface area contributed by atoms with Crippen molar-refractivity contribution in [2.75, 3.05) is 19.8 Å². The molecule has 2 heterocycles. The van der Waals surface area contributed by atoms with Crippen molar-refractivity contribution in [1.82, 2.24) is 9.78 Å². The van der Waals surface area contributed by atoms with Crippen LogP contribution in [-0.4, -0.2) is 34.7 Å². The van der Waals surface area contributed by atoms with Crippen molar-refractivity contribution in [3.63, 3.8) is 0 Å². The fourth-order valence-electron chi connectivity index (χ4n) is 2.18. The quantitative estimate of drug-likeness (QED) is 0.797. The van der Waals surface area contributed by atoms with E-state index < -0.39 is 0 Å². The van der Waals surface area contributed by atoms with Crippen molar-refractivity contribution in [2.45, 2.75) is 19.8 Å². The third-order valence-corrected chi connectivity index (χ3v) is 3.18. The third kappa shape index (κ3) is 2.06. The Morgan fingerprint density at radius 3 is 2.93 bits per heavy atom. The van der Waals surface area contributed by atoms with E-state index in [0.29, 0.717) is 6.61 Å². The molecule has 1 aliphatic heterocycles. The maximum atomic E-state index is 9.47. The smallest absolute Gasteiger partial charge is 0.0596 e. The number of rotatable bonds is 3. The molecule has 0 radical (unpaired) electrons. The van der Waals surface area contributed by atoms with Crippen molar-refractivity contribution in [3.8, 4) is 0 Å². The lowest BCUT2D eigenvalue weighted by atomic mass is 9.83. The van der Waals surface area contributed by atoms with Crippen LogP contribution in [0.4, 0.5) is 0 Å². The van der Waals surface area contributed by atoms with Gasteiger partial charge in [0.15, 0.2) is 0 Å². The molecule has 0 aromatic carbocycles. The summed E-state index contributed by atoms with van der Waals surface area (Å²) in [4.78, 5) is 0. The second kappa shape index (κ2) is 3.94. The zero-order valence-electron chi connectivity index (χ0n) is 9.36. The topological polar surface area (TPSA) is 47.3 Å². The molecule has 15 heavy (non-hydrogen) atoms. The molecule has 1 saturated heterocycles. The van der Waals surface area contributed by atoms with Gasteiger partial charge in [-0.1, -0.05) is 0 Å². The molecular weight excluding hydrogens is 192 g/mol. The second-order valence-corrected chi connectivity index (χ2v) is 4.54. The fraction of sp³-hybridized carbons (Fsp3) is 0.727. The van der Waals surface area contributed by atoms with Crippen molar-refractivity contribution < 1.29 is 9.84 Å². The van der Waals surface area contributed by atoms with Gasteiger partial charge in [-0.3, -0.25) is 4.68 Å². The third-order valence-electron chi connectivity index (χ3n) is 3.18. The summed E-state index contributed by atoms with van der Waals surface area (Å²) < 4.78 is 7.27. The van der Waals surface area contributed by atoms with Crippen LogP contribution in [0.2, 0.25) is 0 Å². The first-order chi connectivity index (χ1) is 7.15. The van der Waals surface area contributed by atoms with E-state index in [1.165, 1.54) is 5.69 Å². The second-order valence-electron chi connectivity index (χ2n) is 4.54. The van der Waals surface area contributed by atoms with Gasteiger partial charge in [-0.05, 0) is 25.8 Å². The van der Waals surface area contributed by atoms with Gasteiger partial charge in [0.1, 0.15) is 0 Å². The SMILES string of the molecule is Cc1cc(CC2(CO)CCOC2)n(C)n1. The number of aliphatic hydroxyl groups is 1. The van der Waals surface area contributed by atoms with E-state index in [1.807, 2.05) is 18.7 Å². The number of aromatic nitrogens is 2. The molecule has 1 atom stereocenters.